The molecule has 5 heterocycles. The van der Waals surface area contributed by atoms with Crippen LogP contribution in [0.25, 0.3) is 10.2 Å². The molecule has 144 valence electrons. The summed E-state index contributed by atoms with van der Waals surface area (Å²) in [6.07, 6.45) is 9.19. The van der Waals surface area contributed by atoms with Crippen molar-refractivity contribution in [1.82, 2.24) is 19.9 Å². The third-order valence-electron chi connectivity index (χ3n) is 6.03. The zero-order chi connectivity index (χ0) is 19.0. The van der Waals surface area contributed by atoms with Gasteiger partial charge in [0.25, 0.3) is 0 Å². The molecule has 2 aliphatic heterocycles. The molecule has 1 unspecified atom stereocenters. The van der Waals surface area contributed by atoms with Crippen molar-refractivity contribution in [2.75, 3.05) is 24.5 Å². The van der Waals surface area contributed by atoms with E-state index in [1.807, 2.05) is 23.2 Å². The van der Waals surface area contributed by atoms with Gasteiger partial charge >= 0.3 is 0 Å². The van der Waals surface area contributed by atoms with Crippen LogP contribution < -0.4 is 4.90 Å². The van der Waals surface area contributed by atoms with E-state index < -0.39 is 0 Å². The van der Waals surface area contributed by atoms with Gasteiger partial charge in [-0.15, -0.1) is 11.3 Å². The van der Waals surface area contributed by atoms with Crippen LogP contribution in [0.5, 0.6) is 0 Å². The van der Waals surface area contributed by atoms with E-state index in [9.17, 15) is 4.79 Å². The molecule has 0 bridgehead atoms. The Morgan fingerprint density at radius 3 is 3.04 bits per heavy atom. The second-order valence-corrected chi connectivity index (χ2v) is 8.88. The predicted octanol–water partition coefficient (Wildman–Crippen LogP) is 3.50. The van der Waals surface area contributed by atoms with E-state index in [4.69, 9.17) is 0 Å². The second-order valence-electron chi connectivity index (χ2n) is 7.97. The van der Waals surface area contributed by atoms with Gasteiger partial charge in [-0.1, -0.05) is 6.07 Å². The number of likely N-dealkylation sites (tertiary alicyclic amines) is 1. The fourth-order valence-corrected chi connectivity index (χ4v) is 5.54. The van der Waals surface area contributed by atoms with Crippen molar-refractivity contribution in [3.8, 4) is 0 Å². The third kappa shape index (κ3) is 3.24. The van der Waals surface area contributed by atoms with E-state index in [1.165, 1.54) is 11.1 Å². The van der Waals surface area contributed by atoms with E-state index in [0.29, 0.717) is 13.0 Å². The van der Waals surface area contributed by atoms with Crippen LogP contribution in [0, 0.1) is 5.41 Å². The summed E-state index contributed by atoms with van der Waals surface area (Å²) >= 11 is 1.71. The van der Waals surface area contributed by atoms with Gasteiger partial charge in [0.15, 0.2) is 0 Å². The standard InChI is InChI=1S/C21H23N5OS/c27-18-4-7-21(14-26(18)12-16-3-1-8-22-11-16)6-2-9-25(13-21)20-19-17(5-10-28-19)23-15-24-20/h1,3,5,8,10-11,15H,2,4,6-7,9,12-14H2. The minimum Gasteiger partial charge on any atom is -0.355 e. The van der Waals surface area contributed by atoms with Crippen molar-refractivity contribution in [2.24, 2.45) is 5.41 Å². The molecule has 3 aromatic rings. The van der Waals surface area contributed by atoms with Crippen LogP contribution in [0.1, 0.15) is 31.2 Å². The van der Waals surface area contributed by atoms with Gasteiger partial charge in [0.1, 0.15) is 12.1 Å². The average molecular weight is 394 g/mol. The highest BCUT2D eigenvalue weighted by atomic mass is 32.1. The third-order valence-corrected chi connectivity index (χ3v) is 6.93. The van der Waals surface area contributed by atoms with Crippen molar-refractivity contribution in [3.05, 3.63) is 47.9 Å². The van der Waals surface area contributed by atoms with Crippen molar-refractivity contribution in [1.29, 1.82) is 0 Å². The molecule has 0 saturated carbocycles. The molecular formula is C21H23N5OS. The zero-order valence-electron chi connectivity index (χ0n) is 15.8. The Morgan fingerprint density at radius 1 is 1.18 bits per heavy atom. The summed E-state index contributed by atoms with van der Waals surface area (Å²) in [7, 11) is 0. The van der Waals surface area contributed by atoms with Crippen molar-refractivity contribution >= 4 is 33.3 Å². The number of carbonyl (C=O) groups excluding carboxylic acids is 1. The Labute approximate surface area is 168 Å². The Kier molecular flexibility index (Phi) is 4.47. The largest absolute Gasteiger partial charge is 0.355 e. The highest BCUT2D eigenvalue weighted by molar-refractivity contribution is 7.17. The summed E-state index contributed by atoms with van der Waals surface area (Å²) < 4.78 is 1.17. The van der Waals surface area contributed by atoms with Crippen molar-refractivity contribution < 1.29 is 4.79 Å². The first-order valence-corrected chi connectivity index (χ1v) is 10.7. The number of hydrogen-bond acceptors (Lipinski definition) is 6. The van der Waals surface area contributed by atoms with Crippen molar-refractivity contribution in [3.63, 3.8) is 0 Å². The number of pyridine rings is 1. The molecular weight excluding hydrogens is 370 g/mol. The SMILES string of the molecule is O=C1CCC2(CCCN(c3ncnc4ccsc34)C2)CN1Cc1cccnc1. The van der Waals surface area contributed by atoms with Crippen LogP contribution in [-0.4, -0.2) is 45.4 Å². The molecule has 2 aliphatic rings. The predicted molar refractivity (Wildman–Crippen MR) is 110 cm³/mol. The van der Waals surface area contributed by atoms with E-state index in [0.717, 1.165) is 49.4 Å². The van der Waals surface area contributed by atoms with Gasteiger partial charge < -0.3 is 9.80 Å². The average Bonchev–Trinajstić information content (AvgIpc) is 3.21. The van der Waals surface area contributed by atoms with Gasteiger partial charge in [0.05, 0.1) is 10.2 Å². The lowest BCUT2D eigenvalue weighted by Gasteiger charge is -2.48. The van der Waals surface area contributed by atoms with E-state index in [2.05, 4.69) is 31.3 Å². The summed E-state index contributed by atoms with van der Waals surface area (Å²) in [4.78, 5) is 30.2. The van der Waals surface area contributed by atoms with Crippen LogP contribution in [0.4, 0.5) is 5.82 Å². The van der Waals surface area contributed by atoms with Crippen LogP contribution in [0.2, 0.25) is 0 Å². The maximum atomic E-state index is 12.6. The van der Waals surface area contributed by atoms with Crippen LogP contribution in [-0.2, 0) is 11.3 Å². The van der Waals surface area contributed by atoms with Gasteiger partial charge in [-0.05, 0) is 42.3 Å². The molecule has 2 saturated heterocycles. The van der Waals surface area contributed by atoms with Crippen LogP contribution in [0.3, 0.4) is 0 Å². The van der Waals surface area contributed by atoms with E-state index >= 15 is 0 Å². The van der Waals surface area contributed by atoms with Gasteiger partial charge in [-0.3, -0.25) is 9.78 Å². The van der Waals surface area contributed by atoms with E-state index in [-0.39, 0.29) is 11.3 Å². The van der Waals surface area contributed by atoms with Crippen LogP contribution in [0.15, 0.2) is 42.3 Å². The topological polar surface area (TPSA) is 62.2 Å². The number of carbonyl (C=O) groups is 1. The minimum atomic E-state index is 0.142. The number of aromatic nitrogens is 3. The van der Waals surface area contributed by atoms with Gasteiger partial charge in [-0.25, -0.2) is 9.97 Å². The lowest BCUT2D eigenvalue weighted by molar-refractivity contribution is -0.138. The normalized spacial score (nSPS) is 22.9. The summed E-state index contributed by atoms with van der Waals surface area (Å²) in [6.45, 7) is 3.43. The number of fused-ring (bicyclic) bond motifs is 1. The Balaban J connectivity index is 1.38. The molecule has 3 aromatic heterocycles. The molecule has 1 amide bonds. The molecule has 28 heavy (non-hydrogen) atoms. The maximum Gasteiger partial charge on any atom is 0.222 e. The lowest BCUT2D eigenvalue weighted by atomic mass is 9.73. The Hall–Kier alpha value is -2.54. The summed E-state index contributed by atoms with van der Waals surface area (Å²) in [5, 5.41) is 2.08. The fourth-order valence-electron chi connectivity index (χ4n) is 4.68. The first-order valence-electron chi connectivity index (χ1n) is 9.82. The number of rotatable bonds is 3. The first kappa shape index (κ1) is 17.6. The second kappa shape index (κ2) is 7.13. The lowest BCUT2D eigenvalue weighted by Crippen LogP contribution is -2.54. The molecule has 0 radical (unpaired) electrons. The quantitative estimate of drug-likeness (QED) is 0.682. The van der Waals surface area contributed by atoms with Gasteiger partial charge in [0, 0.05) is 50.4 Å². The molecule has 0 N–H and O–H groups in total. The first-order chi connectivity index (χ1) is 13.7. The number of piperidine rings is 2. The smallest absolute Gasteiger partial charge is 0.222 e. The van der Waals surface area contributed by atoms with Crippen LogP contribution >= 0.6 is 11.3 Å². The molecule has 0 aliphatic carbocycles. The number of amides is 1. The molecule has 1 atom stereocenters. The monoisotopic (exact) mass is 393 g/mol. The maximum absolute atomic E-state index is 12.6. The molecule has 7 heteroatoms. The molecule has 5 rings (SSSR count). The molecule has 6 nitrogen and oxygen atoms in total. The summed E-state index contributed by atoms with van der Waals surface area (Å²) in [6, 6.07) is 6.03. The highest BCUT2D eigenvalue weighted by Gasteiger charge is 2.42. The number of nitrogens with zero attached hydrogens (tertiary/aromatic N) is 5. The minimum absolute atomic E-state index is 0.142. The zero-order valence-corrected chi connectivity index (χ0v) is 16.6. The summed E-state index contributed by atoms with van der Waals surface area (Å²) in [5.74, 6) is 1.31. The molecule has 2 fully saturated rings. The van der Waals surface area contributed by atoms with Crippen molar-refractivity contribution in [2.45, 2.75) is 32.2 Å². The summed E-state index contributed by atoms with van der Waals surface area (Å²) in [5.41, 5.74) is 2.26. The molecule has 1 spiro atoms. The van der Waals surface area contributed by atoms with E-state index in [1.54, 1.807) is 23.9 Å². The fraction of sp³-hybridized carbons (Fsp3) is 0.429. The number of thiophene rings is 1. The number of anilines is 1. The highest BCUT2D eigenvalue weighted by Crippen LogP contribution is 2.41. The number of hydrogen-bond donors (Lipinski definition) is 0. The van der Waals surface area contributed by atoms with Gasteiger partial charge in [-0.2, -0.15) is 0 Å². The Morgan fingerprint density at radius 2 is 2.14 bits per heavy atom. The molecule has 0 aromatic carbocycles. The Bertz CT molecular complexity index is 991. The van der Waals surface area contributed by atoms with Gasteiger partial charge in [0.2, 0.25) is 5.91 Å².